The van der Waals surface area contributed by atoms with Crippen LogP contribution in [0.3, 0.4) is 0 Å². The van der Waals surface area contributed by atoms with Crippen LogP contribution in [0, 0.1) is 5.92 Å². The van der Waals surface area contributed by atoms with Crippen molar-refractivity contribution in [3.8, 4) is 0 Å². The summed E-state index contributed by atoms with van der Waals surface area (Å²) in [4.78, 5) is 12.3. The predicted molar refractivity (Wildman–Crippen MR) is 92.6 cm³/mol. The van der Waals surface area contributed by atoms with Gasteiger partial charge in [-0.1, -0.05) is 61.2 Å². The topological polar surface area (TPSA) is 66.8 Å². The van der Waals surface area contributed by atoms with Gasteiger partial charge in [-0.05, 0) is 24.1 Å². The van der Waals surface area contributed by atoms with E-state index < -0.39 is 30.7 Å². The number of carbonyl (C=O) groups is 1. The Morgan fingerprint density at radius 1 is 1.08 bits per heavy atom. The number of esters is 1. The molecule has 0 aromatic heterocycles. The number of hydrogen-bond acceptors (Lipinski definition) is 4. The van der Waals surface area contributed by atoms with Gasteiger partial charge in [0.1, 0.15) is 6.10 Å². The smallest absolute Gasteiger partial charge is 0.338 e. The van der Waals surface area contributed by atoms with E-state index in [-0.39, 0.29) is 0 Å². The van der Waals surface area contributed by atoms with E-state index in [2.05, 4.69) is 6.58 Å². The van der Waals surface area contributed by atoms with Gasteiger partial charge in [-0.25, -0.2) is 4.79 Å². The monoisotopic (exact) mass is 326 g/mol. The Kier molecular flexibility index (Phi) is 6.73. The fourth-order valence-electron chi connectivity index (χ4n) is 2.57. The molecule has 4 nitrogen and oxygen atoms in total. The quantitative estimate of drug-likeness (QED) is 0.578. The van der Waals surface area contributed by atoms with Crippen molar-refractivity contribution in [1.29, 1.82) is 0 Å². The molecule has 2 rings (SSSR count). The van der Waals surface area contributed by atoms with Gasteiger partial charge in [0.05, 0.1) is 18.3 Å². The van der Waals surface area contributed by atoms with Crippen molar-refractivity contribution in [1.82, 2.24) is 0 Å². The second-order valence-electron chi connectivity index (χ2n) is 5.58. The fourth-order valence-corrected chi connectivity index (χ4v) is 2.57. The predicted octanol–water partition coefficient (Wildman–Crippen LogP) is 2.61. The van der Waals surface area contributed by atoms with Crippen LogP contribution in [-0.4, -0.2) is 35.0 Å². The Hall–Kier alpha value is -2.43. The van der Waals surface area contributed by atoms with E-state index in [0.717, 1.165) is 5.56 Å². The van der Waals surface area contributed by atoms with Crippen molar-refractivity contribution < 1.29 is 19.7 Å². The van der Waals surface area contributed by atoms with Gasteiger partial charge in [-0.3, -0.25) is 0 Å². The van der Waals surface area contributed by atoms with Crippen molar-refractivity contribution in [2.24, 2.45) is 5.92 Å². The van der Waals surface area contributed by atoms with Crippen molar-refractivity contribution in [2.75, 3.05) is 6.61 Å². The summed E-state index contributed by atoms with van der Waals surface area (Å²) >= 11 is 0. The number of rotatable bonds is 8. The molecule has 0 aliphatic heterocycles. The van der Waals surface area contributed by atoms with Gasteiger partial charge in [0.15, 0.2) is 0 Å². The lowest BCUT2D eigenvalue weighted by molar-refractivity contribution is -0.0189. The number of benzene rings is 2. The molecule has 0 spiro atoms. The van der Waals surface area contributed by atoms with Gasteiger partial charge < -0.3 is 14.9 Å². The number of hydrogen-bond donors (Lipinski definition) is 2. The van der Waals surface area contributed by atoms with E-state index in [9.17, 15) is 15.0 Å². The first-order chi connectivity index (χ1) is 11.7. The third-order valence-corrected chi connectivity index (χ3v) is 3.90. The van der Waals surface area contributed by atoms with Crippen molar-refractivity contribution in [3.63, 3.8) is 0 Å². The maximum absolute atomic E-state index is 12.3. The third kappa shape index (κ3) is 4.78. The highest BCUT2D eigenvalue weighted by atomic mass is 16.5. The van der Waals surface area contributed by atoms with E-state index in [0.29, 0.717) is 12.0 Å². The molecule has 2 aromatic rings. The number of ether oxygens (including phenoxy) is 1. The molecular formula is C20H22O4. The van der Waals surface area contributed by atoms with Crippen molar-refractivity contribution in [3.05, 3.63) is 84.4 Å². The van der Waals surface area contributed by atoms with Crippen molar-refractivity contribution in [2.45, 2.75) is 18.6 Å². The van der Waals surface area contributed by atoms with E-state index in [1.807, 2.05) is 36.4 Å². The summed E-state index contributed by atoms with van der Waals surface area (Å²) in [5, 5.41) is 19.5. The number of carbonyl (C=O) groups excluding carboxylic acids is 1. The highest BCUT2D eigenvalue weighted by Crippen LogP contribution is 2.21. The van der Waals surface area contributed by atoms with Crippen LogP contribution in [0.15, 0.2) is 73.3 Å². The highest BCUT2D eigenvalue weighted by Gasteiger charge is 2.29. The molecule has 0 aliphatic carbocycles. The lowest BCUT2D eigenvalue weighted by Crippen LogP contribution is -2.37. The normalized spacial score (nSPS) is 14.4. The molecular weight excluding hydrogens is 304 g/mol. The van der Waals surface area contributed by atoms with E-state index in [4.69, 9.17) is 4.74 Å². The summed E-state index contributed by atoms with van der Waals surface area (Å²) in [5.74, 6) is -0.966. The second kappa shape index (κ2) is 9.01. The van der Waals surface area contributed by atoms with E-state index >= 15 is 0 Å². The van der Waals surface area contributed by atoms with Crippen LogP contribution >= 0.6 is 0 Å². The van der Waals surface area contributed by atoms with E-state index in [1.54, 1.807) is 24.3 Å². The zero-order chi connectivity index (χ0) is 17.4. The minimum Gasteiger partial charge on any atom is -0.454 e. The summed E-state index contributed by atoms with van der Waals surface area (Å²) in [5.41, 5.74) is 1.42. The molecule has 0 aliphatic rings. The molecule has 4 heteroatoms. The molecule has 0 heterocycles. The zero-order valence-corrected chi connectivity index (χ0v) is 13.4. The van der Waals surface area contributed by atoms with Gasteiger partial charge in [0.25, 0.3) is 0 Å². The maximum Gasteiger partial charge on any atom is 0.338 e. The summed E-state index contributed by atoms with van der Waals surface area (Å²) in [6.07, 6.45) is 0.228. The Labute approximate surface area is 142 Å². The second-order valence-corrected chi connectivity index (χ2v) is 5.58. The fraction of sp³-hybridized carbons (Fsp3) is 0.250. The Morgan fingerprint density at radius 2 is 1.67 bits per heavy atom. The Balaban J connectivity index is 2.16. The van der Waals surface area contributed by atoms with Crippen LogP contribution in [-0.2, 0) is 11.2 Å². The molecule has 0 saturated heterocycles. The molecule has 0 fully saturated rings. The lowest BCUT2D eigenvalue weighted by atomic mass is 9.89. The van der Waals surface area contributed by atoms with Crippen molar-refractivity contribution >= 4 is 5.97 Å². The molecule has 0 radical (unpaired) electrons. The average molecular weight is 326 g/mol. The van der Waals surface area contributed by atoms with Gasteiger partial charge in [0, 0.05) is 5.92 Å². The van der Waals surface area contributed by atoms with Crippen LogP contribution < -0.4 is 0 Å². The molecule has 2 aromatic carbocycles. The van der Waals surface area contributed by atoms with Gasteiger partial charge in [-0.2, -0.15) is 0 Å². The van der Waals surface area contributed by atoms with Crippen LogP contribution in [0.5, 0.6) is 0 Å². The van der Waals surface area contributed by atoms with E-state index in [1.165, 1.54) is 6.08 Å². The van der Waals surface area contributed by atoms with Crippen LogP contribution in [0.1, 0.15) is 15.9 Å². The molecule has 24 heavy (non-hydrogen) atoms. The minimum atomic E-state index is -1.02. The summed E-state index contributed by atoms with van der Waals surface area (Å²) in [7, 11) is 0. The minimum absolute atomic E-state index is 0.412. The first-order valence-corrected chi connectivity index (χ1v) is 7.87. The van der Waals surface area contributed by atoms with Crippen LogP contribution in [0.4, 0.5) is 0 Å². The first kappa shape index (κ1) is 17.9. The van der Waals surface area contributed by atoms with Crippen LogP contribution in [0.25, 0.3) is 0 Å². The average Bonchev–Trinajstić information content (AvgIpc) is 2.65. The summed E-state index contributed by atoms with van der Waals surface area (Å²) < 4.78 is 5.51. The molecule has 0 amide bonds. The highest BCUT2D eigenvalue weighted by molar-refractivity contribution is 5.89. The maximum atomic E-state index is 12.3. The molecule has 2 N–H and O–H groups in total. The van der Waals surface area contributed by atoms with Crippen LogP contribution in [0.2, 0.25) is 0 Å². The summed E-state index contributed by atoms with van der Waals surface area (Å²) in [6.45, 7) is 3.31. The summed E-state index contributed by atoms with van der Waals surface area (Å²) in [6, 6.07) is 18.2. The molecule has 0 saturated carbocycles. The molecule has 3 atom stereocenters. The number of aliphatic hydroxyl groups is 2. The largest absolute Gasteiger partial charge is 0.454 e. The Bertz CT molecular complexity index is 639. The SMILES string of the molecule is C=C[C@@H](OC(=O)c1ccccc1)[C@H](Cc1ccccc1)[C@H](O)CO. The Morgan fingerprint density at radius 3 is 2.21 bits per heavy atom. The molecule has 126 valence electrons. The van der Waals surface area contributed by atoms with Gasteiger partial charge in [0.2, 0.25) is 0 Å². The third-order valence-electron chi connectivity index (χ3n) is 3.90. The number of aliphatic hydroxyl groups excluding tert-OH is 2. The van der Waals surface area contributed by atoms with Gasteiger partial charge in [-0.15, -0.1) is 0 Å². The molecule has 0 bridgehead atoms. The molecule has 0 unspecified atom stereocenters. The standard InChI is InChI=1S/C20H22O4/c1-2-19(24-20(23)16-11-7-4-8-12-16)17(18(22)14-21)13-15-9-5-3-6-10-15/h2-12,17-19,21-22H,1,13-14H2/t17-,18-,19-/m1/s1. The zero-order valence-electron chi connectivity index (χ0n) is 13.4. The first-order valence-electron chi connectivity index (χ1n) is 7.87. The van der Waals surface area contributed by atoms with Gasteiger partial charge >= 0.3 is 5.97 Å². The lowest BCUT2D eigenvalue weighted by Gasteiger charge is -2.28.